The number of benzene rings is 2. The van der Waals surface area contributed by atoms with E-state index < -0.39 is 28.2 Å². The van der Waals surface area contributed by atoms with E-state index in [4.69, 9.17) is 11.6 Å². The first-order valence-electron chi connectivity index (χ1n) is 9.74. The Balaban J connectivity index is 1.64. The van der Waals surface area contributed by atoms with Gasteiger partial charge in [-0.05, 0) is 36.8 Å². The second kappa shape index (κ2) is 8.71. The van der Waals surface area contributed by atoms with E-state index in [0.717, 1.165) is 0 Å². The van der Waals surface area contributed by atoms with Crippen LogP contribution in [0.5, 0.6) is 0 Å². The van der Waals surface area contributed by atoms with E-state index in [-0.39, 0.29) is 35.1 Å². The summed E-state index contributed by atoms with van der Waals surface area (Å²) in [5.41, 5.74) is 0.593. The van der Waals surface area contributed by atoms with Crippen molar-refractivity contribution in [2.45, 2.75) is 19.3 Å². The number of fused-ring (bicyclic) bond motifs is 1. The largest absolute Gasteiger partial charge is 0.326 e. The van der Waals surface area contributed by atoms with E-state index in [1.807, 2.05) is 0 Å². The SMILES string of the molecule is Cc1ccc([N+](=O)[O-])cc1NC(=O)[C@H]1CC(=O)Nc2nc(Nc3ccc(Cl)cc3)[nH]c(=O)c21. The van der Waals surface area contributed by atoms with Crippen LogP contribution in [0.15, 0.2) is 47.3 Å². The van der Waals surface area contributed by atoms with Crippen LogP contribution in [-0.2, 0) is 9.59 Å². The van der Waals surface area contributed by atoms with E-state index in [9.17, 15) is 24.5 Å². The molecule has 4 N–H and O–H groups in total. The molecule has 2 aromatic carbocycles. The fraction of sp³-hybridized carbons (Fsp3) is 0.143. The van der Waals surface area contributed by atoms with Crippen molar-refractivity contribution in [2.24, 2.45) is 0 Å². The minimum atomic E-state index is -1.13. The smallest absolute Gasteiger partial charge is 0.271 e. The van der Waals surface area contributed by atoms with Gasteiger partial charge in [-0.3, -0.25) is 29.5 Å². The van der Waals surface area contributed by atoms with Gasteiger partial charge in [0, 0.05) is 29.3 Å². The minimum absolute atomic E-state index is 0.00293. The Morgan fingerprint density at radius 3 is 2.64 bits per heavy atom. The minimum Gasteiger partial charge on any atom is -0.326 e. The Morgan fingerprint density at radius 1 is 1.21 bits per heavy atom. The van der Waals surface area contributed by atoms with E-state index in [0.29, 0.717) is 16.3 Å². The van der Waals surface area contributed by atoms with Crippen molar-refractivity contribution in [3.8, 4) is 0 Å². The number of nitro groups is 1. The third kappa shape index (κ3) is 4.67. The van der Waals surface area contributed by atoms with Crippen LogP contribution in [0.2, 0.25) is 5.02 Å². The highest BCUT2D eigenvalue weighted by atomic mass is 35.5. The van der Waals surface area contributed by atoms with Gasteiger partial charge in [-0.15, -0.1) is 0 Å². The van der Waals surface area contributed by atoms with Gasteiger partial charge in [0.2, 0.25) is 17.8 Å². The van der Waals surface area contributed by atoms with Crippen LogP contribution in [0.3, 0.4) is 0 Å². The zero-order chi connectivity index (χ0) is 23.7. The number of hydrogen-bond acceptors (Lipinski definition) is 7. The number of H-pyrrole nitrogens is 1. The number of aromatic nitrogens is 2. The number of aromatic amines is 1. The molecule has 2 heterocycles. The van der Waals surface area contributed by atoms with Gasteiger partial charge in [-0.2, -0.15) is 4.98 Å². The molecule has 0 saturated carbocycles. The van der Waals surface area contributed by atoms with Crippen LogP contribution in [0.25, 0.3) is 0 Å². The number of non-ortho nitro benzene ring substituents is 1. The maximum atomic E-state index is 13.0. The predicted octanol–water partition coefficient (Wildman–Crippen LogP) is 3.45. The van der Waals surface area contributed by atoms with E-state index >= 15 is 0 Å². The number of nitro benzene ring substituents is 1. The Labute approximate surface area is 191 Å². The van der Waals surface area contributed by atoms with Crippen molar-refractivity contribution in [1.82, 2.24) is 9.97 Å². The van der Waals surface area contributed by atoms with Crippen molar-refractivity contribution in [1.29, 1.82) is 0 Å². The molecule has 0 radical (unpaired) electrons. The lowest BCUT2D eigenvalue weighted by atomic mass is 9.92. The molecular weight excluding hydrogens is 452 g/mol. The zero-order valence-corrected chi connectivity index (χ0v) is 17.9. The number of halogens is 1. The molecule has 4 rings (SSSR count). The molecule has 168 valence electrons. The van der Waals surface area contributed by atoms with Crippen molar-refractivity contribution < 1.29 is 14.5 Å². The van der Waals surface area contributed by atoms with Crippen molar-refractivity contribution in [3.05, 3.63) is 79.1 Å². The molecular formula is C21H17ClN6O5. The molecule has 1 aliphatic heterocycles. The molecule has 2 amide bonds. The molecule has 0 aliphatic carbocycles. The molecule has 12 heteroatoms. The van der Waals surface area contributed by atoms with Gasteiger partial charge >= 0.3 is 0 Å². The lowest BCUT2D eigenvalue weighted by Gasteiger charge is -2.24. The Kier molecular flexibility index (Phi) is 5.80. The maximum Gasteiger partial charge on any atom is 0.271 e. The molecule has 1 atom stereocenters. The van der Waals surface area contributed by atoms with Crippen LogP contribution in [-0.4, -0.2) is 26.7 Å². The first kappa shape index (κ1) is 22.0. The molecule has 11 nitrogen and oxygen atoms in total. The summed E-state index contributed by atoms with van der Waals surface area (Å²) in [4.78, 5) is 55.4. The predicted molar refractivity (Wildman–Crippen MR) is 122 cm³/mol. The third-order valence-corrected chi connectivity index (χ3v) is 5.32. The summed E-state index contributed by atoms with van der Waals surface area (Å²) in [6.07, 6.45) is -0.276. The average Bonchev–Trinajstić information content (AvgIpc) is 2.75. The molecule has 0 bridgehead atoms. The van der Waals surface area contributed by atoms with Gasteiger partial charge in [-0.25, -0.2) is 0 Å². The number of aryl methyl sites for hydroxylation is 1. The van der Waals surface area contributed by atoms with Gasteiger partial charge in [-0.1, -0.05) is 17.7 Å². The van der Waals surface area contributed by atoms with E-state index in [1.165, 1.54) is 18.2 Å². The number of nitrogens with one attached hydrogen (secondary N) is 4. The Bertz CT molecular complexity index is 1340. The van der Waals surface area contributed by atoms with Crippen LogP contribution in [0, 0.1) is 17.0 Å². The summed E-state index contributed by atoms with van der Waals surface area (Å²) in [6.45, 7) is 1.67. The number of rotatable bonds is 5. The number of hydrogen-bond donors (Lipinski definition) is 4. The second-order valence-electron chi connectivity index (χ2n) is 7.36. The second-order valence-corrected chi connectivity index (χ2v) is 7.80. The highest BCUT2D eigenvalue weighted by molar-refractivity contribution is 6.30. The highest BCUT2D eigenvalue weighted by Gasteiger charge is 2.35. The van der Waals surface area contributed by atoms with Crippen LogP contribution in [0.1, 0.15) is 23.5 Å². The van der Waals surface area contributed by atoms with Crippen molar-refractivity contribution in [3.63, 3.8) is 0 Å². The number of amides is 2. The normalized spacial score (nSPS) is 14.7. The molecule has 3 aromatic rings. The van der Waals surface area contributed by atoms with Crippen LogP contribution >= 0.6 is 11.6 Å². The summed E-state index contributed by atoms with van der Waals surface area (Å²) in [7, 11) is 0. The first-order chi connectivity index (χ1) is 15.7. The Morgan fingerprint density at radius 2 is 1.94 bits per heavy atom. The lowest BCUT2D eigenvalue weighted by Crippen LogP contribution is -2.36. The van der Waals surface area contributed by atoms with E-state index in [1.54, 1.807) is 31.2 Å². The summed E-state index contributed by atoms with van der Waals surface area (Å²) in [6, 6.07) is 10.7. The number of anilines is 4. The van der Waals surface area contributed by atoms with Gasteiger partial charge in [0.15, 0.2) is 0 Å². The fourth-order valence-electron chi connectivity index (χ4n) is 3.40. The average molecular weight is 469 g/mol. The van der Waals surface area contributed by atoms with Crippen LogP contribution in [0.4, 0.5) is 28.8 Å². The number of carbonyl (C=O) groups is 2. The summed E-state index contributed by atoms with van der Waals surface area (Å²) < 4.78 is 0. The third-order valence-electron chi connectivity index (χ3n) is 5.06. The monoisotopic (exact) mass is 468 g/mol. The molecule has 0 fully saturated rings. The van der Waals surface area contributed by atoms with Gasteiger partial charge in [0.05, 0.1) is 22.1 Å². The highest BCUT2D eigenvalue weighted by Crippen LogP contribution is 2.31. The molecule has 1 aliphatic rings. The Hall–Kier alpha value is -4.25. The zero-order valence-electron chi connectivity index (χ0n) is 17.1. The van der Waals surface area contributed by atoms with E-state index in [2.05, 4.69) is 25.9 Å². The van der Waals surface area contributed by atoms with Gasteiger partial charge < -0.3 is 16.0 Å². The fourth-order valence-corrected chi connectivity index (χ4v) is 3.53. The summed E-state index contributed by atoms with van der Waals surface area (Å²) >= 11 is 5.87. The lowest BCUT2D eigenvalue weighted by molar-refractivity contribution is -0.384. The van der Waals surface area contributed by atoms with Crippen molar-refractivity contribution in [2.75, 3.05) is 16.0 Å². The first-order valence-corrected chi connectivity index (χ1v) is 10.1. The molecule has 0 spiro atoms. The van der Waals surface area contributed by atoms with Crippen LogP contribution < -0.4 is 21.5 Å². The topological polar surface area (TPSA) is 159 Å². The standard InChI is InChI=1S/C21H17ClN6O5/c1-10-2-7-13(28(32)33)8-15(10)24-19(30)14-9-16(29)25-18-17(14)20(31)27-21(26-18)23-12-5-3-11(22)4-6-12/h2-8,14H,9H2,1H3,(H,24,30)(H3,23,25,26,27,29,31)/t14-/m0/s1. The molecule has 33 heavy (non-hydrogen) atoms. The van der Waals surface area contributed by atoms with Gasteiger partial charge in [0.25, 0.3) is 11.2 Å². The van der Waals surface area contributed by atoms with Gasteiger partial charge in [0.1, 0.15) is 5.82 Å². The molecule has 1 aromatic heterocycles. The molecule has 0 saturated heterocycles. The summed E-state index contributed by atoms with van der Waals surface area (Å²) in [5, 5.41) is 19.6. The number of nitrogens with zero attached hydrogens (tertiary/aromatic N) is 2. The number of carbonyl (C=O) groups excluding carboxylic acids is 2. The maximum absolute atomic E-state index is 13.0. The quantitative estimate of drug-likeness (QED) is 0.329. The molecule has 0 unspecified atom stereocenters. The van der Waals surface area contributed by atoms with Crippen molar-refractivity contribution >= 4 is 52.2 Å². The summed E-state index contributed by atoms with van der Waals surface area (Å²) in [5.74, 6) is -2.25.